The molecular weight excluding hydrogens is 354 g/mol. The van der Waals surface area contributed by atoms with Gasteiger partial charge in [0.1, 0.15) is 10.6 Å². The molecule has 1 aromatic carbocycles. The molecule has 5 nitrogen and oxygen atoms in total. The number of thiophene rings is 1. The van der Waals surface area contributed by atoms with E-state index in [1.165, 1.54) is 16.0 Å². The molecule has 0 amide bonds. The van der Waals surface area contributed by atoms with Crippen LogP contribution in [0.15, 0.2) is 48.8 Å². The summed E-state index contributed by atoms with van der Waals surface area (Å²) in [6, 6.07) is 12.2. The molecule has 4 aromatic rings. The lowest BCUT2D eigenvalue weighted by Gasteiger charge is -2.10. The molecule has 0 aliphatic carbocycles. The number of nitrogens with zero attached hydrogens (tertiary/aromatic N) is 3. The zero-order chi connectivity index (χ0) is 18.8. The Hall–Kier alpha value is -2.83. The predicted molar refractivity (Wildman–Crippen MR) is 112 cm³/mol. The fourth-order valence-electron chi connectivity index (χ4n) is 2.98. The Bertz CT molecular complexity index is 1070. The molecule has 0 aliphatic rings. The van der Waals surface area contributed by atoms with Crippen molar-refractivity contribution in [2.45, 2.75) is 26.9 Å². The highest BCUT2D eigenvalue weighted by Gasteiger charge is 2.15. The molecule has 0 aliphatic heterocycles. The van der Waals surface area contributed by atoms with Crippen molar-refractivity contribution in [2.24, 2.45) is 5.73 Å². The maximum absolute atomic E-state index is 5.68. The first-order valence-electron chi connectivity index (χ1n) is 8.85. The number of nitrogens with two attached hydrogens (primary N) is 1. The summed E-state index contributed by atoms with van der Waals surface area (Å²) < 4.78 is 0. The predicted octanol–water partition coefficient (Wildman–Crippen LogP) is 4.44. The van der Waals surface area contributed by atoms with E-state index in [-0.39, 0.29) is 0 Å². The number of aromatic nitrogens is 3. The topological polar surface area (TPSA) is 76.7 Å². The minimum absolute atomic E-state index is 0.558. The molecule has 3 heterocycles. The zero-order valence-electron chi connectivity index (χ0n) is 15.4. The van der Waals surface area contributed by atoms with Gasteiger partial charge in [-0.2, -0.15) is 0 Å². The molecule has 3 N–H and O–H groups in total. The van der Waals surface area contributed by atoms with E-state index in [0.29, 0.717) is 18.9 Å². The molecule has 136 valence electrons. The molecule has 0 unspecified atom stereocenters. The lowest BCUT2D eigenvalue weighted by molar-refractivity contribution is 1.05. The summed E-state index contributed by atoms with van der Waals surface area (Å²) in [7, 11) is 0. The Morgan fingerprint density at radius 1 is 1.04 bits per heavy atom. The number of anilines is 1. The van der Waals surface area contributed by atoms with E-state index < -0.39 is 0 Å². The number of hydrogen-bond donors (Lipinski definition) is 2. The molecule has 27 heavy (non-hydrogen) atoms. The molecule has 0 fully saturated rings. The Kier molecular flexibility index (Phi) is 4.83. The van der Waals surface area contributed by atoms with E-state index in [2.05, 4.69) is 48.4 Å². The van der Waals surface area contributed by atoms with Crippen molar-refractivity contribution < 1.29 is 0 Å². The number of fused-ring (bicyclic) bond motifs is 1. The van der Waals surface area contributed by atoms with Crippen LogP contribution in [0.4, 0.5) is 5.82 Å². The molecule has 3 aromatic heterocycles. The van der Waals surface area contributed by atoms with Gasteiger partial charge in [0.15, 0.2) is 5.82 Å². The Morgan fingerprint density at radius 3 is 2.52 bits per heavy atom. The summed E-state index contributed by atoms with van der Waals surface area (Å²) in [6.45, 7) is 5.50. The van der Waals surface area contributed by atoms with Crippen LogP contribution in [0.5, 0.6) is 0 Å². The molecule has 4 rings (SSSR count). The standard InChI is InChI=1S/C21H21N5S/c1-13-14(2)27-21-18(13)20(24-11-16-7-5-15(10-22)6-8-16)25-19(26-21)17-4-3-9-23-12-17/h3-9,12H,10-11,22H2,1-2H3,(H,24,25,26). The van der Waals surface area contributed by atoms with Crippen molar-refractivity contribution in [1.82, 2.24) is 15.0 Å². The number of pyridine rings is 1. The van der Waals surface area contributed by atoms with E-state index in [1.54, 1.807) is 23.7 Å². The van der Waals surface area contributed by atoms with Gasteiger partial charge in [-0.25, -0.2) is 9.97 Å². The fourth-order valence-corrected chi connectivity index (χ4v) is 4.01. The smallest absolute Gasteiger partial charge is 0.164 e. The summed E-state index contributed by atoms with van der Waals surface area (Å²) in [5, 5.41) is 4.61. The molecule has 0 atom stereocenters. The second kappa shape index (κ2) is 7.42. The van der Waals surface area contributed by atoms with Gasteiger partial charge in [0.05, 0.1) is 5.39 Å². The number of nitrogens with one attached hydrogen (secondary N) is 1. The lowest BCUT2D eigenvalue weighted by Crippen LogP contribution is -2.04. The van der Waals surface area contributed by atoms with Crippen molar-refractivity contribution in [3.05, 3.63) is 70.4 Å². The molecule has 0 saturated carbocycles. The molecular formula is C21H21N5S. The van der Waals surface area contributed by atoms with Crippen molar-refractivity contribution >= 4 is 27.4 Å². The van der Waals surface area contributed by atoms with Gasteiger partial charge in [-0.1, -0.05) is 24.3 Å². The van der Waals surface area contributed by atoms with Gasteiger partial charge >= 0.3 is 0 Å². The van der Waals surface area contributed by atoms with Crippen molar-refractivity contribution in [2.75, 3.05) is 5.32 Å². The average molecular weight is 376 g/mol. The number of hydrogen-bond acceptors (Lipinski definition) is 6. The first-order chi connectivity index (χ1) is 13.2. The minimum atomic E-state index is 0.558. The molecule has 0 saturated heterocycles. The minimum Gasteiger partial charge on any atom is -0.365 e. The highest BCUT2D eigenvalue weighted by molar-refractivity contribution is 7.18. The molecule has 6 heteroatoms. The lowest BCUT2D eigenvalue weighted by atomic mass is 10.1. The first-order valence-corrected chi connectivity index (χ1v) is 9.67. The maximum Gasteiger partial charge on any atom is 0.164 e. The SMILES string of the molecule is Cc1sc2nc(-c3cccnc3)nc(NCc3ccc(CN)cc3)c2c1C. The van der Waals surface area contributed by atoms with E-state index >= 15 is 0 Å². The van der Waals surface area contributed by atoms with Crippen molar-refractivity contribution in [3.63, 3.8) is 0 Å². The summed E-state index contributed by atoms with van der Waals surface area (Å²) in [5.41, 5.74) is 10.1. The summed E-state index contributed by atoms with van der Waals surface area (Å²) in [4.78, 5) is 16.1. The van der Waals surface area contributed by atoms with E-state index in [1.807, 2.05) is 12.1 Å². The Labute approximate surface area is 162 Å². The summed E-state index contributed by atoms with van der Waals surface area (Å²) in [5.74, 6) is 1.56. The van der Waals surface area contributed by atoms with Crippen LogP contribution in [0.1, 0.15) is 21.6 Å². The van der Waals surface area contributed by atoms with E-state index in [0.717, 1.165) is 27.2 Å². The third-order valence-corrected chi connectivity index (χ3v) is 5.77. The normalized spacial score (nSPS) is 11.1. The number of benzene rings is 1. The molecule has 0 radical (unpaired) electrons. The van der Waals surface area contributed by atoms with Gasteiger partial charge < -0.3 is 11.1 Å². The highest BCUT2D eigenvalue weighted by Crippen LogP contribution is 2.35. The Morgan fingerprint density at radius 2 is 1.81 bits per heavy atom. The number of rotatable bonds is 5. The Balaban J connectivity index is 1.72. The van der Waals surface area contributed by atoms with E-state index in [9.17, 15) is 0 Å². The van der Waals surface area contributed by atoms with Crippen molar-refractivity contribution in [3.8, 4) is 11.4 Å². The third kappa shape index (κ3) is 3.54. The largest absolute Gasteiger partial charge is 0.365 e. The quantitative estimate of drug-likeness (QED) is 0.539. The second-order valence-corrected chi connectivity index (χ2v) is 7.68. The van der Waals surface area contributed by atoms with Gasteiger partial charge in [-0.3, -0.25) is 4.98 Å². The van der Waals surface area contributed by atoms with Gasteiger partial charge in [0.2, 0.25) is 0 Å². The highest BCUT2D eigenvalue weighted by atomic mass is 32.1. The van der Waals surface area contributed by atoms with Crippen LogP contribution in [0, 0.1) is 13.8 Å². The van der Waals surface area contributed by atoms with Crippen LogP contribution in [0.25, 0.3) is 21.6 Å². The van der Waals surface area contributed by atoms with Crippen LogP contribution in [-0.4, -0.2) is 15.0 Å². The van der Waals surface area contributed by atoms with E-state index in [4.69, 9.17) is 15.7 Å². The zero-order valence-corrected chi connectivity index (χ0v) is 16.2. The van der Waals surface area contributed by atoms with Gasteiger partial charge in [0, 0.05) is 35.9 Å². The van der Waals surface area contributed by atoms with Crippen LogP contribution in [-0.2, 0) is 13.1 Å². The third-order valence-electron chi connectivity index (χ3n) is 4.67. The number of aryl methyl sites for hydroxylation is 2. The van der Waals surface area contributed by atoms with Gasteiger partial charge in [-0.15, -0.1) is 11.3 Å². The van der Waals surface area contributed by atoms with Crippen LogP contribution in [0.3, 0.4) is 0 Å². The van der Waals surface area contributed by atoms with Gasteiger partial charge in [0.25, 0.3) is 0 Å². The van der Waals surface area contributed by atoms with Crippen molar-refractivity contribution in [1.29, 1.82) is 0 Å². The van der Waals surface area contributed by atoms with Crippen LogP contribution in [0.2, 0.25) is 0 Å². The summed E-state index contributed by atoms with van der Waals surface area (Å²) in [6.07, 6.45) is 3.55. The maximum atomic E-state index is 5.68. The summed E-state index contributed by atoms with van der Waals surface area (Å²) >= 11 is 1.70. The molecule has 0 bridgehead atoms. The first kappa shape index (κ1) is 17.6. The molecule has 0 spiro atoms. The van der Waals surface area contributed by atoms with Gasteiger partial charge in [-0.05, 0) is 42.7 Å². The second-order valence-electron chi connectivity index (χ2n) is 6.48. The van der Waals surface area contributed by atoms with Crippen LogP contribution >= 0.6 is 11.3 Å². The monoisotopic (exact) mass is 375 g/mol. The average Bonchev–Trinajstić information content (AvgIpc) is 3.01. The fraction of sp³-hybridized carbons (Fsp3) is 0.190. The van der Waals surface area contributed by atoms with Crippen LogP contribution < -0.4 is 11.1 Å².